The first-order valence-corrected chi connectivity index (χ1v) is 12.2. The number of fused-ring (bicyclic) bond motifs is 1. The van der Waals surface area contributed by atoms with Crippen LogP contribution in [0.5, 0.6) is 0 Å². The van der Waals surface area contributed by atoms with Gasteiger partial charge in [-0.3, -0.25) is 9.48 Å². The Kier molecular flexibility index (Phi) is 8.04. The van der Waals surface area contributed by atoms with Crippen molar-refractivity contribution < 1.29 is 13.2 Å². The van der Waals surface area contributed by atoms with Gasteiger partial charge in [-0.25, -0.2) is 8.42 Å². The molecule has 1 unspecified atom stereocenters. The molecule has 7 heteroatoms. The fourth-order valence-corrected chi connectivity index (χ4v) is 4.03. The molecule has 0 aliphatic heterocycles. The number of carbonyl (C=O) groups is 1. The molecule has 0 aliphatic carbocycles. The van der Waals surface area contributed by atoms with Gasteiger partial charge in [-0.05, 0) is 43.4 Å². The van der Waals surface area contributed by atoms with Crippen LogP contribution in [0.25, 0.3) is 10.9 Å². The molecule has 1 aromatic carbocycles. The monoisotopic (exact) mass is 407 g/mol. The first-order valence-electron chi connectivity index (χ1n) is 10.2. The number of sulfone groups is 1. The Morgan fingerprint density at radius 1 is 1.21 bits per heavy atom. The number of nitrogens with zero attached hydrogens (tertiary/aromatic N) is 2. The first kappa shape index (κ1) is 22.4. The van der Waals surface area contributed by atoms with Gasteiger partial charge in [-0.15, -0.1) is 0 Å². The minimum Gasteiger partial charge on any atom is -0.351 e. The van der Waals surface area contributed by atoms with Gasteiger partial charge in [0, 0.05) is 36.5 Å². The van der Waals surface area contributed by atoms with Gasteiger partial charge >= 0.3 is 0 Å². The van der Waals surface area contributed by atoms with E-state index in [9.17, 15) is 13.2 Å². The Bertz CT molecular complexity index is 903. The van der Waals surface area contributed by atoms with Crippen molar-refractivity contribution in [3.8, 4) is 0 Å². The average Bonchev–Trinajstić information content (AvgIpc) is 3.02. The number of unbranched alkanes of at least 4 members (excludes halogenated alkanes) is 1. The van der Waals surface area contributed by atoms with E-state index in [1.807, 2.05) is 23.9 Å². The van der Waals surface area contributed by atoms with Gasteiger partial charge in [0.2, 0.25) is 0 Å². The van der Waals surface area contributed by atoms with Gasteiger partial charge in [0.05, 0.1) is 11.3 Å². The molecule has 6 nitrogen and oxygen atoms in total. The van der Waals surface area contributed by atoms with Gasteiger partial charge < -0.3 is 5.32 Å². The molecule has 2 aromatic rings. The Morgan fingerprint density at radius 2 is 1.96 bits per heavy atom. The summed E-state index contributed by atoms with van der Waals surface area (Å²) < 4.78 is 24.5. The van der Waals surface area contributed by atoms with Crippen molar-refractivity contribution >= 4 is 26.6 Å². The highest BCUT2D eigenvalue weighted by molar-refractivity contribution is 7.90. The first-order chi connectivity index (χ1) is 13.2. The van der Waals surface area contributed by atoms with Crippen LogP contribution in [-0.4, -0.2) is 42.7 Å². The van der Waals surface area contributed by atoms with E-state index < -0.39 is 9.84 Å². The van der Waals surface area contributed by atoms with Gasteiger partial charge in [0.15, 0.2) is 0 Å². The van der Waals surface area contributed by atoms with E-state index in [-0.39, 0.29) is 18.2 Å². The van der Waals surface area contributed by atoms with E-state index in [2.05, 4.69) is 19.2 Å². The zero-order valence-electron chi connectivity index (χ0n) is 17.5. The summed E-state index contributed by atoms with van der Waals surface area (Å²) in [5, 5.41) is 8.37. The topological polar surface area (TPSA) is 81.1 Å². The highest BCUT2D eigenvalue weighted by Crippen LogP contribution is 2.23. The van der Waals surface area contributed by atoms with Crippen molar-refractivity contribution in [3.63, 3.8) is 0 Å². The molecule has 156 valence electrons. The second-order valence-corrected chi connectivity index (χ2v) is 9.96. The molecule has 0 bridgehead atoms. The average molecular weight is 408 g/mol. The number of aromatic nitrogens is 2. The standard InChI is InChI=1S/C21H33N3O3S/c1-5-7-9-17(8-6-2)14-24-15-19-16(3)18(10-11-20(19)23-24)21(25)22-12-13-28(4,26)27/h10-11,15,17H,5-9,12-14H2,1-4H3,(H,22,25). The molecule has 1 heterocycles. The number of hydrogen-bond donors (Lipinski definition) is 1. The number of rotatable bonds is 11. The van der Waals surface area contributed by atoms with E-state index in [0.717, 1.165) is 29.3 Å². The number of benzene rings is 1. The smallest absolute Gasteiger partial charge is 0.251 e. The summed E-state index contributed by atoms with van der Waals surface area (Å²) in [5.74, 6) is 0.315. The van der Waals surface area contributed by atoms with Crippen molar-refractivity contribution in [2.75, 3.05) is 18.6 Å². The van der Waals surface area contributed by atoms with E-state index in [0.29, 0.717) is 11.5 Å². The minimum absolute atomic E-state index is 0.0610. The number of hydrogen-bond acceptors (Lipinski definition) is 4. The van der Waals surface area contributed by atoms with Gasteiger partial charge in [0.1, 0.15) is 9.84 Å². The molecule has 1 atom stereocenters. The molecule has 0 radical (unpaired) electrons. The molecule has 0 fully saturated rings. The molecule has 0 saturated carbocycles. The van der Waals surface area contributed by atoms with Crippen LogP contribution in [0.1, 0.15) is 61.9 Å². The zero-order chi connectivity index (χ0) is 20.7. The lowest BCUT2D eigenvalue weighted by Crippen LogP contribution is -2.29. The van der Waals surface area contributed by atoms with Crippen LogP contribution in [0, 0.1) is 12.8 Å². The molecule has 28 heavy (non-hydrogen) atoms. The highest BCUT2D eigenvalue weighted by atomic mass is 32.2. The van der Waals surface area contributed by atoms with Crippen LogP contribution in [0.3, 0.4) is 0 Å². The Labute approximate surface area is 168 Å². The fourth-order valence-electron chi connectivity index (χ4n) is 3.56. The summed E-state index contributed by atoms with van der Waals surface area (Å²) in [6.45, 7) is 7.37. The van der Waals surface area contributed by atoms with Gasteiger partial charge in [-0.1, -0.05) is 33.1 Å². The number of aryl methyl sites for hydroxylation is 1. The van der Waals surface area contributed by atoms with Crippen LogP contribution < -0.4 is 5.32 Å². The quantitative estimate of drug-likeness (QED) is 0.615. The summed E-state index contributed by atoms with van der Waals surface area (Å²) in [6, 6.07) is 3.64. The second kappa shape index (κ2) is 10.0. The Hall–Kier alpha value is -1.89. The van der Waals surface area contributed by atoms with Crippen molar-refractivity contribution in [2.45, 2.75) is 59.4 Å². The van der Waals surface area contributed by atoms with Crippen LogP contribution in [-0.2, 0) is 16.4 Å². The molecule has 2 rings (SSSR count). The number of amides is 1. The zero-order valence-corrected chi connectivity index (χ0v) is 18.3. The lowest BCUT2D eigenvalue weighted by Gasteiger charge is -2.15. The van der Waals surface area contributed by atoms with Crippen molar-refractivity contribution in [1.29, 1.82) is 0 Å². The second-order valence-electron chi connectivity index (χ2n) is 7.70. The lowest BCUT2D eigenvalue weighted by molar-refractivity contribution is 0.0955. The molecular formula is C21H33N3O3S. The molecule has 0 saturated heterocycles. The summed E-state index contributed by atoms with van der Waals surface area (Å²) in [7, 11) is -3.09. The van der Waals surface area contributed by atoms with Crippen molar-refractivity contribution in [3.05, 3.63) is 29.5 Å². The predicted molar refractivity (Wildman–Crippen MR) is 114 cm³/mol. The molecule has 0 spiro atoms. The van der Waals surface area contributed by atoms with Gasteiger partial charge in [0.25, 0.3) is 5.91 Å². The molecule has 1 N–H and O–H groups in total. The van der Waals surface area contributed by atoms with Gasteiger partial charge in [-0.2, -0.15) is 5.10 Å². The van der Waals surface area contributed by atoms with Crippen molar-refractivity contribution in [1.82, 2.24) is 15.1 Å². The summed E-state index contributed by atoms with van der Waals surface area (Å²) in [6.07, 6.45) is 9.23. The highest BCUT2D eigenvalue weighted by Gasteiger charge is 2.15. The van der Waals surface area contributed by atoms with Crippen molar-refractivity contribution in [2.24, 2.45) is 5.92 Å². The van der Waals surface area contributed by atoms with Crippen LogP contribution in [0.15, 0.2) is 18.3 Å². The van der Waals surface area contributed by atoms with E-state index in [4.69, 9.17) is 5.10 Å². The Balaban J connectivity index is 2.15. The lowest BCUT2D eigenvalue weighted by atomic mass is 9.97. The van der Waals surface area contributed by atoms with E-state index in [1.165, 1.54) is 32.1 Å². The van der Waals surface area contributed by atoms with E-state index >= 15 is 0 Å². The summed E-state index contributed by atoms with van der Waals surface area (Å²) >= 11 is 0. The molecule has 1 amide bonds. The molecule has 1 aromatic heterocycles. The molecule has 0 aliphatic rings. The third kappa shape index (κ3) is 6.33. The predicted octanol–water partition coefficient (Wildman–Crippen LogP) is 3.73. The maximum atomic E-state index is 12.4. The number of carbonyl (C=O) groups excluding carboxylic acids is 1. The number of nitrogens with one attached hydrogen (secondary N) is 1. The third-order valence-electron chi connectivity index (χ3n) is 5.12. The SMILES string of the molecule is CCCCC(CCC)Cn1cc2c(C)c(C(=O)NCCS(C)(=O)=O)ccc2n1. The van der Waals surface area contributed by atoms with Crippen LogP contribution in [0.2, 0.25) is 0 Å². The third-order valence-corrected chi connectivity index (χ3v) is 6.06. The minimum atomic E-state index is -3.09. The van der Waals surface area contributed by atoms with E-state index in [1.54, 1.807) is 6.07 Å². The maximum Gasteiger partial charge on any atom is 0.251 e. The Morgan fingerprint density at radius 3 is 2.61 bits per heavy atom. The summed E-state index contributed by atoms with van der Waals surface area (Å²) in [4.78, 5) is 12.4. The summed E-state index contributed by atoms with van der Waals surface area (Å²) in [5.41, 5.74) is 2.33. The van der Waals surface area contributed by atoms with Crippen LogP contribution in [0.4, 0.5) is 0 Å². The maximum absolute atomic E-state index is 12.4. The normalized spacial score (nSPS) is 13.0. The fraction of sp³-hybridized carbons (Fsp3) is 0.619. The van der Waals surface area contributed by atoms with Crippen LogP contribution >= 0.6 is 0 Å². The molecular weight excluding hydrogens is 374 g/mol. The largest absolute Gasteiger partial charge is 0.351 e.